The highest BCUT2D eigenvalue weighted by molar-refractivity contribution is 7.89. The molecule has 1 heterocycles. The van der Waals surface area contributed by atoms with Crippen molar-refractivity contribution in [3.05, 3.63) is 89.7 Å². The van der Waals surface area contributed by atoms with Crippen molar-refractivity contribution in [1.82, 2.24) is 4.72 Å². The van der Waals surface area contributed by atoms with Crippen LogP contribution in [0.15, 0.2) is 89.0 Å². The molecule has 1 aliphatic heterocycles. The van der Waals surface area contributed by atoms with Gasteiger partial charge in [0.1, 0.15) is 11.9 Å². The first-order valence-corrected chi connectivity index (χ1v) is 14.8. The van der Waals surface area contributed by atoms with Gasteiger partial charge in [0.05, 0.1) is 17.7 Å². The van der Waals surface area contributed by atoms with E-state index < -0.39 is 44.9 Å². The lowest BCUT2D eigenvalue weighted by Crippen LogP contribution is -2.42. The SMILES string of the molecule is CS(=O)(=O)OC(CNS(=O)(=O)c1ccc(OC(F)(F)F)cc1)CN1C2=CC=CCC2=CCc2ccccc21. The van der Waals surface area contributed by atoms with Crippen molar-refractivity contribution in [2.75, 3.05) is 24.2 Å². The molecule has 0 bridgehead atoms. The largest absolute Gasteiger partial charge is 0.573 e. The average Bonchev–Trinajstić information content (AvgIpc) is 2.98. The number of allylic oxidation sites excluding steroid dienone is 5. The van der Waals surface area contributed by atoms with Gasteiger partial charge >= 0.3 is 6.36 Å². The van der Waals surface area contributed by atoms with E-state index in [9.17, 15) is 30.0 Å². The molecule has 4 rings (SSSR count). The van der Waals surface area contributed by atoms with E-state index in [2.05, 4.69) is 15.5 Å². The van der Waals surface area contributed by atoms with Crippen LogP contribution in [0.25, 0.3) is 0 Å². The summed E-state index contributed by atoms with van der Waals surface area (Å²) >= 11 is 0. The minimum atomic E-state index is -4.92. The van der Waals surface area contributed by atoms with Gasteiger partial charge in [-0.1, -0.05) is 36.4 Å². The van der Waals surface area contributed by atoms with Gasteiger partial charge in [0.15, 0.2) is 0 Å². The Morgan fingerprint density at radius 3 is 2.42 bits per heavy atom. The fraction of sp³-hybridized carbons (Fsp3) is 0.280. The highest BCUT2D eigenvalue weighted by atomic mass is 32.2. The van der Waals surface area contributed by atoms with E-state index >= 15 is 0 Å². The first-order chi connectivity index (χ1) is 17.8. The second-order valence-electron chi connectivity index (χ2n) is 8.65. The summed E-state index contributed by atoms with van der Waals surface area (Å²) in [4.78, 5) is 1.58. The Morgan fingerprint density at radius 2 is 1.74 bits per heavy atom. The van der Waals surface area contributed by atoms with Crippen LogP contribution >= 0.6 is 0 Å². The predicted octanol–water partition coefficient (Wildman–Crippen LogP) is 4.04. The number of para-hydroxylation sites is 1. The van der Waals surface area contributed by atoms with Gasteiger partial charge < -0.3 is 9.64 Å². The lowest BCUT2D eigenvalue weighted by atomic mass is 10.0. The molecule has 0 fully saturated rings. The van der Waals surface area contributed by atoms with Crippen molar-refractivity contribution < 1.29 is 38.9 Å². The molecule has 13 heteroatoms. The van der Waals surface area contributed by atoms with Crippen LogP contribution in [0.4, 0.5) is 18.9 Å². The minimum Gasteiger partial charge on any atom is -0.406 e. The summed E-state index contributed by atoms with van der Waals surface area (Å²) in [6.07, 6.45) is 4.10. The van der Waals surface area contributed by atoms with Crippen LogP contribution in [-0.2, 0) is 30.7 Å². The molecule has 38 heavy (non-hydrogen) atoms. The molecule has 1 unspecified atom stereocenters. The summed E-state index contributed by atoms with van der Waals surface area (Å²) in [5.74, 6) is -0.576. The van der Waals surface area contributed by atoms with Gasteiger partial charge in [0.25, 0.3) is 10.1 Å². The summed E-state index contributed by atoms with van der Waals surface area (Å²) in [6.45, 7) is -0.418. The number of rotatable bonds is 9. The molecule has 1 N–H and O–H groups in total. The van der Waals surface area contributed by atoms with Gasteiger partial charge in [-0.2, -0.15) is 8.42 Å². The van der Waals surface area contributed by atoms with Crippen LogP contribution in [0, 0.1) is 0 Å². The Morgan fingerprint density at radius 1 is 1.03 bits per heavy atom. The van der Waals surface area contributed by atoms with Crippen molar-refractivity contribution in [1.29, 1.82) is 0 Å². The number of fused-ring (bicyclic) bond motifs is 2. The van der Waals surface area contributed by atoms with E-state index in [1.165, 1.54) is 0 Å². The van der Waals surface area contributed by atoms with Crippen molar-refractivity contribution in [3.8, 4) is 5.75 Å². The van der Waals surface area contributed by atoms with Crippen LogP contribution in [0.3, 0.4) is 0 Å². The fourth-order valence-electron chi connectivity index (χ4n) is 4.21. The third-order valence-corrected chi connectivity index (χ3v) is 7.83. The van der Waals surface area contributed by atoms with Gasteiger partial charge in [0, 0.05) is 17.9 Å². The third-order valence-electron chi connectivity index (χ3n) is 5.76. The smallest absolute Gasteiger partial charge is 0.406 e. The number of hydrogen-bond acceptors (Lipinski definition) is 7. The molecular weight excluding hydrogens is 545 g/mol. The second-order valence-corrected chi connectivity index (χ2v) is 12.0. The Kier molecular flexibility index (Phi) is 8.02. The van der Waals surface area contributed by atoms with E-state index in [0.717, 1.165) is 53.0 Å². The summed E-state index contributed by atoms with van der Waals surface area (Å²) in [5.41, 5.74) is 3.74. The monoisotopic (exact) mass is 570 g/mol. The second kappa shape index (κ2) is 10.9. The van der Waals surface area contributed by atoms with E-state index in [0.29, 0.717) is 12.8 Å². The van der Waals surface area contributed by atoms with Gasteiger partial charge in [-0.15, -0.1) is 13.2 Å². The molecule has 0 radical (unpaired) electrons. The van der Waals surface area contributed by atoms with Gasteiger partial charge in [-0.3, -0.25) is 4.18 Å². The number of hydrogen-bond donors (Lipinski definition) is 1. The Bertz CT molecular complexity index is 1480. The van der Waals surface area contributed by atoms with E-state index in [1.54, 1.807) is 0 Å². The molecule has 0 spiro atoms. The Hall–Kier alpha value is -3.13. The maximum Gasteiger partial charge on any atom is 0.573 e. The molecule has 2 aromatic carbocycles. The van der Waals surface area contributed by atoms with Crippen LogP contribution in [-0.4, -0.2) is 48.6 Å². The zero-order valence-electron chi connectivity index (χ0n) is 20.2. The first kappa shape index (κ1) is 27.9. The summed E-state index contributed by atoms with van der Waals surface area (Å²) in [5, 5.41) is 0. The zero-order valence-corrected chi connectivity index (χ0v) is 21.8. The van der Waals surface area contributed by atoms with Gasteiger partial charge in [-0.25, -0.2) is 13.1 Å². The maximum atomic E-state index is 12.8. The van der Waals surface area contributed by atoms with E-state index in [1.807, 2.05) is 47.4 Å². The molecule has 204 valence electrons. The highest BCUT2D eigenvalue weighted by Crippen LogP contribution is 2.35. The topological polar surface area (TPSA) is 102 Å². The number of nitrogens with zero attached hydrogens (tertiary/aromatic N) is 1. The van der Waals surface area contributed by atoms with Crippen molar-refractivity contribution in [3.63, 3.8) is 0 Å². The normalized spacial score (nSPS) is 16.6. The predicted molar refractivity (Wildman–Crippen MR) is 135 cm³/mol. The van der Waals surface area contributed by atoms with Crippen LogP contribution < -0.4 is 14.4 Å². The number of nitrogens with one attached hydrogen (secondary N) is 1. The molecular formula is C25H25F3N2O6S2. The number of halogens is 3. The maximum absolute atomic E-state index is 12.8. The molecule has 2 aromatic rings. The fourth-order valence-corrected chi connectivity index (χ4v) is 5.90. The minimum absolute atomic E-state index is 0.00196. The molecule has 2 aliphatic rings. The summed E-state index contributed by atoms with van der Waals surface area (Å²) in [6, 6.07) is 11.3. The molecule has 1 aliphatic carbocycles. The molecule has 1 atom stereocenters. The standard InChI is InChI=1S/C25H25F3N2O6S2/c1-37(31,32)36-21(16-29-38(33,34)22-14-12-20(13-15-22)35-25(26,27)28)17-30-23-8-4-2-6-18(23)10-11-19-7-3-5-9-24(19)30/h2-6,8-9,11-15,21,29H,7,10,16-17H2,1H3. The number of benzene rings is 2. The number of ether oxygens (including phenoxy) is 1. The van der Waals surface area contributed by atoms with Crippen molar-refractivity contribution >= 4 is 25.8 Å². The summed E-state index contributed by atoms with van der Waals surface area (Å²) < 4.78 is 98.4. The quantitative estimate of drug-likeness (QED) is 0.454. The number of alkyl halides is 3. The molecule has 8 nitrogen and oxygen atoms in total. The zero-order chi connectivity index (χ0) is 27.6. The highest BCUT2D eigenvalue weighted by Gasteiger charge is 2.31. The van der Waals surface area contributed by atoms with Crippen LogP contribution in [0.2, 0.25) is 0 Å². The Balaban J connectivity index is 1.58. The van der Waals surface area contributed by atoms with Crippen LogP contribution in [0.1, 0.15) is 12.0 Å². The number of sulfonamides is 1. The average molecular weight is 571 g/mol. The third kappa shape index (κ3) is 7.25. The van der Waals surface area contributed by atoms with Gasteiger partial charge in [-0.05, 0) is 60.4 Å². The number of anilines is 1. The molecule has 0 amide bonds. The molecule has 0 saturated heterocycles. The van der Waals surface area contributed by atoms with Crippen molar-refractivity contribution in [2.24, 2.45) is 0 Å². The summed E-state index contributed by atoms with van der Waals surface area (Å²) in [7, 11) is -8.20. The van der Waals surface area contributed by atoms with Crippen molar-refractivity contribution in [2.45, 2.75) is 30.2 Å². The molecule has 0 saturated carbocycles. The Labute approximate surface area is 219 Å². The lowest BCUT2D eigenvalue weighted by Gasteiger charge is -2.32. The van der Waals surface area contributed by atoms with Crippen LogP contribution in [0.5, 0.6) is 5.75 Å². The molecule has 0 aromatic heterocycles. The van der Waals surface area contributed by atoms with Gasteiger partial charge in [0.2, 0.25) is 10.0 Å². The lowest BCUT2D eigenvalue weighted by molar-refractivity contribution is -0.274. The van der Waals surface area contributed by atoms with E-state index in [-0.39, 0.29) is 11.4 Å². The first-order valence-electron chi connectivity index (χ1n) is 11.5. The van der Waals surface area contributed by atoms with E-state index in [4.69, 9.17) is 4.18 Å².